The molecule has 1 radical (unpaired) electrons. The Bertz CT molecular complexity index is 1850. The van der Waals surface area contributed by atoms with Crippen molar-refractivity contribution in [1.29, 1.82) is 0 Å². The first-order valence-electron chi connectivity index (χ1n) is 18.4. The fraction of sp³-hybridized carbons (Fsp3) is 0.111. The van der Waals surface area contributed by atoms with Crippen LogP contribution in [-0.2, 0) is 30.2 Å². The van der Waals surface area contributed by atoms with E-state index in [4.69, 9.17) is 40.1 Å². The number of benzene rings is 6. The van der Waals surface area contributed by atoms with Crippen LogP contribution in [0.3, 0.4) is 0 Å². The molecule has 0 spiro atoms. The van der Waals surface area contributed by atoms with Crippen LogP contribution in [0.2, 0.25) is 0 Å². The van der Waals surface area contributed by atoms with Gasteiger partial charge in [-0.25, -0.2) is 8.42 Å². The van der Waals surface area contributed by atoms with Gasteiger partial charge in [0.25, 0.3) is 0 Å². The van der Waals surface area contributed by atoms with Crippen molar-refractivity contribution in [3.8, 4) is 34.5 Å². The van der Waals surface area contributed by atoms with Crippen molar-refractivity contribution in [1.82, 2.24) is 0 Å². The van der Waals surface area contributed by atoms with E-state index in [2.05, 4.69) is 24.3 Å². The second-order valence-electron chi connectivity index (χ2n) is 11.9. The molecule has 0 saturated heterocycles. The first-order valence-corrected chi connectivity index (χ1v) is 22.0. The molecular formula is C45H42F3IrO9P2S-. The van der Waals surface area contributed by atoms with Crippen LogP contribution in [-0.4, -0.2) is 18.5 Å². The van der Waals surface area contributed by atoms with Gasteiger partial charge >= 0.3 is 22.7 Å². The number of hydrogen-bond donors (Lipinski definition) is 0. The summed E-state index contributed by atoms with van der Waals surface area (Å²) in [6.07, 6.45) is 14.0. The Balaban J connectivity index is 0.000000238. The molecular weight excluding hydrogens is 1030 g/mol. The van der Waals surface area contributed by atoms with Crippen molar-refractivity contribution < 1.29 is 73.4 Å². The molecule has 0 aliphatic heterocycles. The van der Waals surface area contributed by atoms with Gasteiger partial charge in [-0.3, -0.25) is 0 Å². The van der Waals surface area contributed by atoms with E-state index in [9.17, 15) is 13.2 Å². The Hall–Kier alpha value is -5.19. The van der Waals surface area contributed by atoms with Gasteiger partial charge in [-0.2, -0.15) is 13.2 Å². The first kappa shape index (κ1) is 50.2. The maximum atomic E-state index is 10.7. The Morgan fingerprint density at radius 1 is 0.377 bits per heavy atom. The van der Waals surface area contributed by atoms with Crippen molar-refractivity contribution in [2.24, 2.45) is 0 Å². The van der Waals surface area contributed by atoms with Crippen LogP contribution < -0.4 is 27.1 Å². The van der Waals surface area contributed by atoms with Gasteiger partial charge in [-0.15, -0.1) is 0 Å². The van der Waals surface area contributed by atoms with Gasteiger partial charge in [0.2, 0.25) is 0 Å². The summed E-state index contributed by atoms with van der Waals surface area (Å²) in [5, 5.41) is 0. The summed E-state index contributed by atoms with van der Waals surface area (Å²) in [7, 11) is -9.27. The Labute approximate surface area is 370 Å². The molecule has 0 aromatic heterocycles. The fourth-order valence-corrected chi connectivity index (χ4v) is 6.36. The van der Waals surface area contributed by atoms with E-state index in [1.54, 1.807) is 0 Å². The van der Waals surface area contributed by atoms with Crippen LogP contribution in [0.25, 0.3) is 0 Å². The van der Waals surface area contributed by atoms with Crippen LogP contribution in [0, 0.1) is 0 Å². The van der Waals surface area contributed by atoms with Crippen LogP contribution in [0.5, 0.6) is 34.5 Å². The van der Waals surface area contributed by atoms with Crippen molar-refractivity contribution >= 4 is 27.3 Å². The predicted molar refractivity (Wildman–Crippen MR) is 229 cm³/mol. The largest absolute Gasteiger partial charge is 0.741 e. The van der Waals surface area contributed by atoms with Gasteiger partial charge in [0.05, 0.1) is 0 Å². The molecule has 0 amide bonds. The average molecular weight is 1070 g/mol. The summed E-state index contributed by atoms with van der Waals surface area (Å²) in [5.74, 6) is 4.25. The minimum absolute atomic E-state index is 0. The molecule has 0 heterocycles. The molecule has 9 nitrogen and oxygen atoms in total. The van der Waals surface area contributed by atoms with Crippen LogP contribution >= 0.6 is 17.2 Å². The molecule has 1 aliphatic rings. The summed E-state index contributed by atoms with van der Waals surface area (Å²) < 4.78 is 94.0. The van der Waals surface area contributed by atoms with E-state index < -0.39 is 32.8 Å². The van der Waals surface area contributed by atoms with E-state index >= 15 is 0 Å². The van der Waals surface area contributed by atoms with Crippen molar-refractivity contribution in [3.63, 3.8) is 0 Å². The molecule has 0 saturated carbocycles. The average Bonchev–Trinajstić information content (AvgIpc) is 3.23. The smallest absolute Gasteiger partial charge is 0.530 e. The maximum absolute atomic E-state index is 10.7. The molecule has 1 aliphatic carbocycles. The molecule has 6 aromatic rings. The van der Waals surface area contributed by atoms with Crippen molar-refractivity contribution in [2.75, 3.05) is 0 Å². The second-order valence-corrected chi connectivity index (χ2v) is 15.2. The van der Waals surface area contributed by atoms with E-state index in [1.165, 1.54) is 25.7 Å². The standard InChI is InChI=1S/2C18H15O3P.C8H12.CHF3O3S.Ir/c2*1-4-10-16(11-5-1)19-22(20-17-12-6-2-7-13-17)21-18-14-8-3-9-15-18;1-2-4-6-8-7-5-3-1;2-1(3,4)8(5,6)7;/h2*1-15H;1-2,7-8H,3-6H2;(H,5,6,7);/p-1/b;;2-1-,8-7-;;. The second kappa shape index (κ2) is 28.4. The number of halogens is 3. The summed E-state index contributed by atoms with van der Waals surface area (Å²) in [6, 6.07) is 57.0. The monoisotopic (exact) mass is 1070 g/mol. The number of alkyl halides is 3. The minimum atomic E-state index is -6.09. The van der Waals surface area contributed by atoms with Gasteiger partial charge in [0.1, 0.15) is 34.5 Å². The molecule has 16 heteroatoms. The minimum Gasteiger partial charge on any atom is -0.741 e. The summed E-state index contributed by atoms with van der Waals surface area (Å²) in [4.78, 5) is 0. The van der Waals surface area contributed by atoms with Gasteiger partial charge < -0.3 is 31.7 Å². The third kappa shape index (κ3) is 21.8. The molecule has 0 fully saturated rings. The van der Waals surface area contributed by atoms with Crippen LogP contribution in [0.15, 0.2) is 206 Å². The summed E-state index contributed by atoms with van der Waals surface area (Å²) >= 11 is 0. The molecule has 323 valence electrons. The van der Waals surface area contributed by atoms with Crippen LogP contribution in [0.4, 0.5) is 13.2 Å². The Morgan fingerprint density at radius 2 is 0.525 bits per heavy atom. The molecule has 61 heavy (non-hydrogen) atoms. The normalized spacial score (nSPS) is 12.9. The van der Waals surface area contributed by atoms with Gasteiger partial charge in [-0.05, 0) is 98.5 Å². The number of para-hydroxylation sites is 6. The molecule has 6 aromatic carbocycles. The van der Waals surface area contributed by atoms with E-state index in [1.807, 2.05) is 182 Å². The van der Waals surface area contributed by atoms with E-state index in [0.717, 1.165) is 0 Å². The number of rotatable bonds is 12. The van der Waals surface area contributed by atoms with E-state index in [0.29, 0.717) is 34.5 Å². The number of allylic oxidation sites excluding steroid dienone is 4. The number of hydrogen-bond acceptors (Lipinski definition) is 9. The van der Waals surface area contributed by atoms with Crippen molar-refractivity contribution in [2.45, 2.75) is 31.2 Å². The fourth-order valence-electron chi connectivity index (χ4n) is 4.37. The van der Waals surface area contributed by atoms with Crippen molar-refractivity contribution in [3.05, 3.63) is 206 Å². The predicted octanol–water partition coefficient (Wildman–Crippen LogP) is 13.6. The SMILES string of the molecule is C1=C\CC/C=C\CC/1.O=S(=O)([O-])C(F)(F)F.[Ir].c1ccc(OP(Oc2ccccc2)Oc2ccccc2)cc1.c1ccc(OP(Oc2ccccc2)Oc2ccccc2)cc1. The zero-order chi connectivity index (χ0) is 42.7. The van der Waals surface area contributed by atoms with Gasteiger partial charge in [0, 0.05) is 20.1 Å². The third-order valence-corrected chi connectivity index (χ3v) is 9.88. The quantitative estimate of drug-likeness (QED) is 0.0512. The Kier molecular flexibility index (Phi) is 23.3. The molecule has 0 bridgehead atoms. The maximum Gasteiger partial charge on any atom is 0.530 e. The van der Waals surface area contributed by atoms with E-state index in [-0.39, 0.29) is 20.1 Å². The van der Waals surface area contributed by atoms with Gasteiger partial charge in [0.15, 0.2) is 10.1 Å². The third-order valence-electron chi connectivity index (χ3n) is 7.16. The summed E-state index contributed by atoms with van der Waals surface area (Å²) in [5.41, 5.74) is -5.65. The molecule has 0 unspecified atom stereocenters. The zero-order valence-electron chi connectivity index (χ0n) is 32.4. The van der Waals surface area contributed by atoms with Crippen LogP contribution in [0.1, 0.15) is 25.7 Å². The topological polar surface area (TPSA) is 113 Å². The molecule has 7 rings (SSSR count). The zero-order valence-corrected chi connectivity index (χ0v) is 37.4. The first-order chi connectivity index (χ1) is 29.0. The Morgan fingerprint density at radius 3 is 0.656 bits per heavy atom. The molecule has 0 atom stereocenters. The summed E-state index contributed by atoms with van der Waals surface area (Å²) in [6.45, 7) is 0. The van der Waals surface area contributed by atoms with Gasteiger partial charge in [-0.1, -0.05) is 133 Å². The molecule has 0 N–H and O–H groups in total.